The molecule has 4 rings (SSSR count). The van der Waals surface area contributed by atoms with Gasteiger partial charge in [0.15, 0.2) is 6.10 Å². The third-order valence-corrected chi connectivity index (χ3v) is 5.16. The van der Waals surface area contributed by atoms with Gasteiger partial charge in [-0.2, -0.15) is 0 Å². The number of fused-ring (bicyclic) bond motifs is 1. The maximum atomic E-state index is 12.8. The minimum absolute atomic E-state index is 0.0808. The lowest BCUT2D eigenvalue weighted by atomic mass is 10.1. The van der Waals surface area contributed by atoms with Crippen molar-refractivity contribution in [3.05, 3.63) is 88.7 Å². The SMILES string of the molecule is CC1Oc2ccc(NC(=O)c3cccnc3Cl)cc2CN(Cc2ccccc2)C1=O. The van der Waals surface area contributed by atoms with E-state index in [0.717, 1.165) is 11.1 Å². The first-order valence-electron chi connectivity index (χ1n) is 9.55. The van der Waals surface area contributed by atoms with Gasteiger partial charge < -0.3 is 15.0 Å². The number of benzene rings is 2. The molecule has 0 radical (unpaired) electrons. The highest BCUT2D eigenvalue weighted by atomic mass is 35.5. The van der Waals surface area contributed by atoms with Crippen LogP contribution in [0.25, 0.3) is 0 Å². The molecule has 2 amide bonds. The monoisotopic (exact) mass is 421 g/mol. The van der Waals surface area contributed by atoms with E-state index in [1.54, 1.807) is 36.1 Å². The van der Waals surface area contributed by atoms with E-state index in [1.807, 2.05) is 36.4 Å². The van der Waals surface area contributed by atoms with Gasteiger partial charge >= 0.3 is 0 Å². The summed E-state index contributed by atoms with van der Waals surface area (Å²) >= 11 is 6.01. The van der Waals surface area contributed by atoms with E-state index in [2.05, 4.69) is 10.3 Å². The molecular weight excluding hydrogens is 402 g/mol. The van der Waals surface area contributed by atoms with Crippen LogP contribution in [0, 0.1) is 0 Å². The lowest BCUT2D eigenvalue weighted by molar-refractivity contribution is -0.138. The van der Waals surface area contributed by atoms with Crippen LogP contribution >= 0.6 is 11.6 Å². The Morgan fingerprint density at radius 3 is 2.77 bits per heavy atom. The molecule has 0 aliphatic carbocycles. The van der Waals surface area contributed by atoms with E-state index < -0.39 is 6.10 Å². The highest BCUT2D eigenvalue weighted by Gasteiger charge is 2.28. The van der Waals surface area contributed by atoms with Crippen LogP contribution in [0.15, 0.2) is 66.9 Å². The molecule has 152 valence electrons. The molecule has 1 aromatic heterocycles. The number of pyridine rings is 1. The van der Waals surface area contributed by atoms with Gasteiger partial charge in [-0.3, -0.25) is 9.59 Å². The van der Waals surface area contributed by atoms with Crippen LogP contribution in [0.4, 0.5) is 5.69 Å². The molecule has 0 bridgehead atoms. The first kappa shape index (κ1) is 19.9. The second-order valence-corrected chi connectivity index (χ2v) is 7.42. The molecule has 7 heteroatoms. The van der Waals surface area contributed by atoms with Crippen LogP contribution in [0.5, 0.6) is 5.75 Å². The fourth-order valence-corrected chi connectivity index (χ4v) is 3.57. The van der Waals surface area contributed by atoms with Crippen molar-refractivity contribution in [1.82, 2.24) is 9.88 Å². The van der Waals surface area contributed by atoms with Gasteiger partial charge in [-0.15, -0.1) is 0 Å². The van der Waals surface area contributed by atoms with Gasteiger partial charge in [0.05, 0.1) is 5.56 Å². The van der Waals surface area contributed by atoms with Crippen LogP contribution in [0.2, 0.25) is 5.15 Å². The Labute approximate surface area is 179 Å². The van der Waals surface area contributed by atoms with Crippen molar-refractivity contribution in [2.24, 2.45) is 0 Å². The van der Waals surface area contributed by atoms with Gasteiger partial charge in [0.25, 0.3) is 11.8 Å². The van der Waals surface area contributed by atoms with Crippen molar-refractivity contribution in [3.63, 3.8) is 0 Å². The number of amides is 2. The summed E-state index contributed by atoms with van der Waals surface area (Å²) in [6, 6.07) is 18.4. The van der Waals surface area contributed by atoms with E-state index >= 15 is 0 Å². The second kappa shape index (κ2) is 8.55. The van der Waals surface area contributed by atoms with Crippen LogP contribution < -0.4 is 10.1 Å². The van der Waals surface area contributed by atoms with Crippen molar-refractivity contribution in [2.75, 3.05) is 5.32 Å². The molecule has 0 saturated heterocycles. The minimum Gasteiger partial charge on any atom is -0.481 e. The smallest absolute Gasteiger partial charge is 0.263 e. The molecule has 0 spiro atoms. The zero-order valence-electron chi connectivity index (χ0n) is 16.3. The molecule has 2 heterocycles. The summed E-state index contributed by atoms with van der Waals surface area (Å²) in [5.74, 6) is 0.194. The van der Waals surface area contributed by atoms with E-state index in [0.29, 0.717) is 30.1 Å². The predicted molar refractivity (Wildman–Crippen MR) is 114 cm³/mol. The van der Waals surface area contributed by atoms with Gasteiger partial charge in [0.2, 0.25) is 0 Å². The third-order valence-electron chi connectivity index (χ3n) is 4.86. The van der Waals surface area contributed by atoms with Gasteiger partial charge in [-0.25, -0.2) is 4.98 Å². The number of rotatable bonds is 4. The molecule has 30 heavy (non-hydrogen) atoms. The number of hydrogen-bond donors (Lipinski definition) is 1. The Hall–Kier alpha value is -3.38. The summed E-state index contributed by atoms with van der Waals surface area (Å²) in [4.78, 5) is 31.1. The van der Waals surface area contributed by atoms with Gasteiger partial charge in [-0.05, 0) is 42.8 Å². The Morgan fingerprint density at radius 2 is 2.00 bits per heavy atom. The summed E-state index contributed by atoms with van der Waals surface area (Å²) in [5.41, 5.74) is 2.74. The summed E-state index contributed by atoms with van der Waals surface area (Å²) < 4.78 is 5.87. The summed E-state index contributed by atoms with van der Waals surface area (Å²) in [6.45, 7) is 2.61. The van der Waals surface area contributed by atoms with E-state index in [9.17, 15) is 9.59 Å². The fraction of sp³-hybridized carbons (Fsp3) is 0.174. The molecule has 6 nitrogen and oxygen atoms in total. The largest absolute Gasteiger partial charge is 0.481 e. The van der Waals surface area contributed by atoms with Crippen LogP contribution in [-0.2, 0) is 17.9 Å². The number of ether oxygens (including phenoxy) is 1. The fourth-order valence-electron chi connectivity index (χ4n) is 3.37. The molecule has 0 fully saturated rings. The second-order valence-electron chi connectivity index (χ2n) is 7.06. The molecule has 0 saturated carbocycles. The van der Waals surface area contributed by atoms with E-state index in [4.69, 9.17) is 16.3 Å². The summed E-state index contributed by atoms with van der Waals surface area (Å²) in [7, 11) is 0. The molecular formula is C23H20ClN3O3. The van der Waals surface area contributed by atoms with E-state index in [-0.39, 0.29) is 17.0 Å². The first-order valence-corrected chi connectivity index (χ1v) is 9.93. The maximum Gasteiger partial charge on any atom is 0.263 e. The van der Waals surface area contributed by atoms with Crippen LogP contribution in [0.1, 0.15) is 28.4 Å². The average Bonchev–Trinajstić information content (AvgIpc) is 2.86. The average molecular weight is 422 g/mol. The lowest BCUT2D eigenvalue weighted by Gasteiger charge is -2.22. The number of carbonyl (C=O) groups is 2. The number of hydrogen-bond acceptors (Lipinski definition) is 4. The number of halogens is 1. The Kier molecular flexibility index (Phi) is 5.68. The number of anilines is 1. The molecule has 2 aromatic carbocycles. The zero-order valence-corrected chi connectivity index (χ0v) is 17.1. The van der Waals surface area contributed by atoms with E-state index in [1.165, 1.54) is 6.20 Å². The Bertz CT molecular complexity index is 1090. The Morgan fingerprint density at radius 1 is 1.20 bits per heavy atom. The van der Waals surface area contributed by atoms with Gasteiger partial charge in [0, 0.05) is 30.5 Å². The summed E-state index contributed by atoms with van der Waals surface area (Å²) in [6.07, 6.45) is 0.933. The standard InChI is InChI=1S/C23H20ClN3O3/c1-15-23(29)27(13-16-6-3-2-4-7-16)14-17-12-18(9-10-20(17)30-15)26-22(28)19-8-5-11-25-21(19)24/h2-12,15H,13-14H2,1H3,(H,26,28). The van der Waals surface area contributed by atoms with Crippen LogP contribution in [0.3, 0.4) is 0 Å². The number of nitrogens with zero attached hydrogens (tertiary/aromatic N) is 2. The predicted octanol–water partition coefficient (Wildman–Crippen LogP) is 4.30. The third kappa shape index (κ3) is 4.28. The molecule has 1 aliphatic rings. The molecule has 1 unspecified atom stereocenters. The zero-order chi connectivity index (χ0) is 21.1. The van der Waals surface area contributed by atoms with Crippen molar-refractivity contribution < 1.29 is 14.3 Å². The Balaban J connectivity index is 1.58. The maximum absolute atomic E-state index is 12.8. The lowest BCUT2D eigenvalue weighted by Crippen LogP contribution is -2.37. The molecule has 1 atom stereocenters. The topological polar surface area (TPSA) is 71.5 Å². The molecule has 1 aliphatic heterocycles. The van der Waals surface area contributed by atoms with Gasteiger partial charge in [-0.1, -0.05) is 41.9 Å². The van der Waals surface area contributed by atoms with Crippen molar-refractivity contribution >= 4 is 29.1 Å². The summed E-state index contributed by atoms with van der Waals surface area (Å²) in [5, 5.41) is 2.97. The molecule has 1 N–H and O–H groups in total. The molecule has 3 aromatic rings. The van der Waals surface area contributed by atoms with Gasteiger partial charge in [0.1, 0.15) is 10.9 Å². The highest BCUT2D eigenvalue weighted by Crippen LogP contribution is 2.29. The van der Waals surface area contributed by atoms with Crippen molar-refractivity contribution in [2.45, 2.75) is 26.1 Å². The normalized spacial score (nSPS) is 15.7. The number of carbonyl (C=O) groups excluding carboxylic acids is 2. The van der Waals surface area contributed by atoms with Crippen molar-refractivity contribution in [1.29, 1.82) is 0 Å². The van der Waals surface area contributed by atoms with Crippen molar-refractivity contribution in [3.8, 4) is 5.75 Å². The first-order chi connectivity index (χ1) is 14.5. The van der Waals surface area contributed by atoms with Crippen LogP contribution in [-0.4, -0.2) is 27.8 Å². The highest BCUT2D eigenvalue weighted by molar-refractivity contribution is 6.33. The number of nitrogens with one attached hydrogen (secondary N) is 1. The quantitative estimate of drug-likeness (QED) is 0.637. The minimum atomic E-state index is -0.593. The number of aromatic nitrogens is 1.